The van der Waals surface area contributed by atoms with Crippen LogP contribution in [0.2, 0.25) is 0 Å². The molecule has 3 nitrogen and oxygen atoms in total. The number of carboxylic acids is 1. The summed E-state index contributed by atoms with van der Waals surface area (Å²) in [5.41, 5.74) is 3.79. The van der Waals surface area contributed by atoms with E-state index in [0.717, 1.165) is 34.8 Å². The lowest BCUT2D eigenvalue weighted by molar-refractivity contribution is -0.142. The first-order chi connectivity index (χ1) is 9.34. The quantitative estimate of drug-likeness (QED) is 0.900. The van der Waals surface area contributed by atoms with E-state index in [1.165, 1.54) is 16.8 Å². The van der Waals surface area contributed by atoms with Crippen molar-refractivity contribution >= 4 is 32.8 Å². The normalized spacial score (nSPS) is 14.8. The number of halogens is 1. The maximum absolute atomic E-state index is 11.5. The second-order valence-corrected chi connectivity index (χ2v) is 6.91. The molecule has 0 spiro atoms. The van der Waals surface area contributed by atoms with E-state index >= 15 is 0 Å². The number of benzene rings is 1. The summed E-state index contributed by atoms with van der Waals surface area (Å²) in [7, 11) is 0. The van der Waals surface area contributed by atoms with Crippen LogP contribution in [0.5, 0.6) is 0 Å². The van der Waals surface area contributed by atoms with Crippen LogP contribution in [0.3, 0.4) is 0 Å². The minimum Gasteiger partial charge on any atom is -0.481 e. The van der Waals surface area contributed by atoms with Gasteiger partial charge in [0.1, 0.15) is 0 Å². The average molecular weight is 336 g/mol. The van der Waals surface area contributed by atoms with Gasteiger partial charge in [0.05, 0.1) is 10.9 Å². The molecule has 20 heavy (non-hydrogen) atoms. The molecular weight excluding hydrogens is 318 g/mol. The first-order valence-electron chi connectivity index (χ1n) is 6.89. The largest absolute Gasteiger partial charge is 0.481 e. The Labute approximate surface area is 126 Å². The fourth-order valence-electron chi connectivity index (χ4n) is 3.04. The molecule has 106 valence electrons. The predicted octanol–water partition coefficient (Wildman–Crippen LogP) is 4.02. The third-order valence-corrected chi connectivity index (χ3v) is 5.50. The lowest BCUT2D eigenvalue weighted by atomic mass is 9.82. The van der Waals surface area contributed by atoms with Crippen molar-refractivity contribution in [2.75, 3.05) is 0 Å². The van der Waals surface area contributed by atoms with E-state index in [-0.39, 0.29) is 0 Å². The van der Waals surface area contributed by atoms with E-state index in [0.29, 0.717) is 0 Å². The molecule has 1 aromatic heterocycles. The molecule has 0 saturated heterocycles. The second kappa shape index (κ2) is 4.35. The van der Waals surface area contributed by atoms with Crippen LogP contribution in [0.1, 0.15) is 37.1 Å². The van der Waals surface area contributed by atoms with Gasteiger partial charge >= 0.3 is 5.97 Å². The fourth-order valence-corrected chi connectivity index (χ4v) is 3.56. The molecular formula is C16H18BrNO2. The van der Waals surface area contributed by atoms with Crippen molar-refractivity contribution in [2.45, 2.75) is 45.6 Å². The van der Waals surface area contributed by atoms with Gasteiger partial charge in [-0.2, -0.15) is 0 Å². The van der Waals surface area contributed by atoms with E-state index in [2.05, 4.69) is 33.5 Å². The molecule has 0 atom stereocenters. The summed E-state index contributed by atoms with van der Waals surface area (Å²) < 4.78 is 3.44. The molecule has 0 unspecified atom stereocenters. The Morgan fingerprint density at radius 3 is 2.75 bits per heavy atom. The van der Waals surface area contributed by atoms with E-state index in [9.17, 15) is 9.90 Å². The van der Waals surface area contributed by atoms with Gasteiger partial charge in [-0.05, 0) is 66.7 Å². The summed E-state index contributed by atoms with van der Waals surface area (Å²) >= 11 is 3.67. The van der Waals surface area contributed by atoms with Crippen LogP contribution < -0.4 is 0 Å². The zero-order chi connectivity index (χ0) is 14.7. The third kappa shape index (κ3) is 1.74. The predicted molar refractivity (Wildman–Crippen MR) is 83.4 cm³/mol. The number of aliphatic carboxylic acids is 1. The van der Waals surface area contributed by atoms with Crippen molar-refractivity contribution < 1.29 is 9.90 Å². The average Bonchev–Trinajstić information content (AvgIpc) is 2.66. The summed E-state index contributed by atoms with van der Waals surface area (Å²) in [5, 5.41) is 10.6. The molecule has 0 bridgehead atoms. The summed E-state index contributed by atoms with van der Waals surface area (Å²) in [6, 6.07) is 4.11. The van der Waals surface area contributed by atoms with Gasteiger partial charge in [-0.1, -0.05) is 6.07 Å². The Morgan fingerprint density at radius 1 is 1.40 bits per heavy atom. The van der Waals surface area contributed by atoms with Gasteiger partial charge in [0.25, 0.3) is 0 Å². The van der Waals surface area contributed by atoms with Gasteiger partial charge in [-0.3, -0.25) is 4.79 Å². The highest BCUT2D eigenvalue weighted by Gasteiger charge is 2.31. The maximum atomic E-state index is 11.5. The minimum atomic E-state index is -0.864. The number of carboxylic acid groups (broad SMARTS) is 1. The lowest BCUT2D eigenvalue weighted by Gasteiger charge is -2.23. The van der Waals surface area contributed by atoms with Gasteiger partial charge in [0.15, 0.2) is 0 Å². The maximum Gasteiger partial charge on any atom is 0.313 e. The summed E-state index contributed by atoms with van der Waals surface area (Å²) in [4.78, 5) is 11.5. The Balaban J connectivity index is 2.35. The topological polar surface area (TPSA) is 42.2 Å². The van der Waals surface area contributed by atoms with Crippen molar-refractivity contribution in [1.82, 2.24) is 4.57 Å². The lowest BCUT2D eigenvalue weighted by Crippen LogP contribution is -2.28. The fraction of sp³-hybridized carbons (Fsp3) is 0.438. The van der Waals surface area contributed by atoms with Crippen molar-refractivity contribution in [1.29, 1.82) is 0 Å². The Morgan fingerprint density at radius 2 is 2.10 bits per heavy atom. The van der Waals surface area contributed by atoms with Crippen LogP contribution in [-0.2, 0) is 23.2 Å². The molecule has 0 saturated carbocycles. The summed E-state index contributed by atoms with van der Waals surface area (Å²) in [6.45, 7) is 6.69. The van der Waals surface area contributed by atoms with Crippen LogP contribution >= 0.6 is 15.9 Å². The molecule has 2 heterocycles. The molecule has 0 amide bonds. The van der Waals surface area contributed by atoms with Crippen LogP contribution in [0.25, 0.3) is 10.9 Å². The minimum absolute atomic E-state index is 0.785. The molecule has 1 aliphatic rings. The van der Waals surface area contributed by atoms with E-state index in [1.54, 1.807) is 13.8 Å². The van der Waals surface area contributed by atoms with E-state index in [1.807, 2.05) is 6.07 Å². The first-order valence-corrected chi connectivity index (χ1v) is 7.68. The zero-order valence-electron chi connectivity index (χ0n) is 12.0. The highest BCUT2D eigenvalue weighted by atomic mass is 79.9. The monoisotopic (exact) mass is 335 g/mol. The standard InChI is InChI=1S/C16H18BrNO2/c1-9-13(17)12-8-11(16(2,3)15(19)20)7-10-5-4-6-18(9)14(10)12/h7-8H,4-6H2,1-3H3,(H,19,20). The van der Waals surface area contributed by atoms with Gasteiger partial charge in [-0.25, -0.2) is 0 Å². The van der Waals surface area contributed by atoms with Crippen LogP contribution in [0, 0.1) is 6.92 Å². The number of carbonyl (C=O) groups is 1. The Kier molecular flexibility index (Phi) is 2.98. The number of aromatic nitrogens is 1. The van der Waals surface area contributed by atoms with Crippen LogP contribution in [0.4, 0.5) is 0 Å². The van der Waals surface area contributed by atoms with Crippen molar-refractivity contribution in [3.63, 3.8) is 0 Å². The summed E-state index contributed by atoms with van der Waals surface area (Å²) in [5.74, 6) is -0.785. The number of rotatable bonds is 2. The van der Waals surface area contributed by atoms with E-state index in [4.69, 9.17) is 0 Å². The van der Waals surface area contributed by atoms with Crippen LogP contribution in [-0.4, -0.2) is 15.6 Å². The highest BCUT2D eigenvalue weighted by Crippen LogP contribution is 2.39. The Bertz CT molecular complexity index is 728. The molecule has 0 aliphatic carbocycles. The molecule has 1 aromatic carbocycles. The SMILES string of the molecule is Cc1c(Br)c2cc(C(C)(C)C(=O)O)cc3c2n1CCC3. The first kappa shape index (κ1) is 13.7. The van der Waals surface area contributed by atoms with Crippen molar-refractivity contribution in [2.24, 2.45) is 0 Å². The zero-order valence-corrected chi connectivity index (χ0v) is 13.5. The molecule has 3 rings (SSSR count). The number of hydrogen-bond donors (Lipinski definition) is 1. The molecule has 2 aromatic rings. The van der Waals surface area contributed by atoms with Gasteiger partial charge < -0.3 is 9.67 Å². The van der Waals surface area contributed by atoms with Gasteiger partial charge in [0, 0.05) is 22.1 Å². The summed E-state index contributed by atoms with van der Waals surface area (Å²) in [6.07, 6.45) is 2.14. The molecule has 1 aliphatic heterocycles. The molecule has 1 N–H and O–H groups in total. The molecule has 4 heteroatoms. The van der Waals surface area contributed by atoms with Crippen molar-refractivity contribution in [3.05, 3.63) is 33.4 Å². The van der Waals surface area contributed by atoms with E-state index < -0.39 is 11.4 Å². The third-order valence-electron chi connectivity index (χ3n) is 4.50. The van der Waals surface area contributed by atoms with Crippen LogP contribution in [0.15, 0.2) is 16.6 Å². The van der Waals surface area contributed by atoms with Crippen molar-refractivity contribution in [3.8, 4) is 0 Å². The van der Waals surface area contributed by atoms with Gasteiger partial charge in [0.2, 0.25) is 0 Å². The number of aryl methyl sites for hydroxylation is 2. The molecule has 0 radical (unpaired) electrons. The highest BCUT2D eigenvalue weighted by molar-refractivity contribution is 9.10. The smallest absolute Gasteiger partial charge is 0.313 e. The number of hydrogen-bond acceptors (Lipinski definition) is 1. The Hall–Kier alpha value is -1.29. The second-order valence-electron chi connectivity index (χ2n) is 6.12. The van der Waals surface area contributed by atoms with Gasteiger partial charge in [-0.15, -0.1) is 0 Å². The molecule has 0 fully saturated rings. The number of nitrogens with zero attached hydrogens (tertiary/aromatic N) is 1.